The fraction of sp³-hybridized carbons (Fsp3) is 0.412. The van der Waals surface area contributed by atoms with Crippen molar-refractivity contribution in [1.29, 1.82) is 0 Å². The fourth-order valence-electron chi connectivity index (χ4n) is 3.72. The lowest BCUT2D eigenvalue weighted by Crippen LogP contribution is -2.37. The van der Waals surface area contributed by atoms with Crippen molar-refractivity contribution in [2.45, 2.75) is 12.3 Å². The van der Waals surface area contributed by atoms with Crippen molar-refractivity contribution in [3.63, 3.8) is 0 Å². The Morgan fingerprint density at radius 3 is 2.96 bits per heavy atom. The van der Waals surface area contributed by atoms with Crippen LogP contribution in [0.5, 0.6) is 0 Å². The quantitative estimate of drug-likeness (QED) is 0.826. The molecule has 0 saturated carbocycles. The molecule has 24 heavy (non-hydrogen) atoms. The maximum absolute atomic E-state index is 13.1. The highest BCUT2D eigenvalue weighted by atomic mass is 79.9. The summed E-state index contributed by atoms with van der Waals surface area (Å²) in [5, 5.41) is 7.63. The molecule has 0 unspecified atom stereocenters. The Hall–Kier alpha value is -1.37. The summed E-state index contributed by atoms with van der Waals surface area (Å²) in [5.74, 6) is 0.412. The van der Waals surface area contributed by atoms with Crippen LogP contribution >= 0.6 is 28.3 Å². The highest BCUT2D eigenvalue weighted by Gasteiger charge is 2.39. The van der Waals surface area contributed by atoms with Crippen molar-refractivity contribution in [2.75, 3.05) is 24.5 Å². The summed E-state index contributed by atoms with van der Waals surface area (Å²) in [4.78, 5) is 15.1. The number of nitrogens with zero attached hydrogens (tertiary/aromatic N) is 3. The zero-order valence-corrected chi connectivity index (χ0v) is 15.8. The first-order valence-electron chi connectivity index (χ1n) is 7.92. The van der Waals surface area contributed by atoms with Crippen LogP contribution < -0.4 is 10.2 Å². The van der Waals surface area contributed by atoms with Gasteiger partial charge in [0.25, 0.3) is 0 Å². The molecular weight excluding hydrogens is 392 g/mol. The Balaban J connectivity index is 0.00000169. The van der Waals surface area contributed by atoms with Crippen molar-refractivity contribution < 1.29 is 4.79 Å². The Morgan fingerprint density at radius 1 is 1.38 bits per heavy atom. The van der Waals surface area contributed by atoms with E-state index in [-0.39, 0.29) is 30.2 Å². The number of fused-ring (bicyclic) bond motifs is 1. The molecule has 1 aromatic heterocycles. The minimum Gasteiger partial charge on any atom is -0.315 e. The molecule has 2 atom stereocenters. The van der Waals surface area contributed by atoms with Crippen LogP contribution in [0.1, 0.15) is 17.0 Å². The molecule has 2 aromatic rings. The van der Waals surface area contributed by atoms with Gasteiger partial charge in [0, 0.05) is 49.0 Å². The minimum atomic E-state index is -0.0196. The third-order valence-electron chi connectivity index (χ3n) is 4.89. The van der Waals surface area contributed by atoms with Gasteiger partial charge in [-0.25, -0.2) is 0 Å². The summed E-state index contributed by atoms with van der Waals surface area (Å²) in [6.07, 6.45) is 4.83. The highest BCUT2D eigenvalue weighted by molar-refractivity contribution is 9.10. The molecule has 2 aliphatic rings. The summed E-state index contributed by atoms with van der Waals surface area (Å²) in [7, 11) is 1.91. The Morgan fingerprint density at radius 2 is 2.21 bits per heavy atom. The number of aryl methyl sites for hydroxylation is 1. The second-order valence-corrected chi connectivity index (χ2v) is 7.25. The largest absolute Gasteiger partial charge is 0.315 e. The van der Waals surface area contributed by atoms with Crippen molar-refractivity contribution in [1.82, 2.24) is 15.1 Å². The lowest BCUT2D eigenvalue weighted by molar-refractivity contribution is -0.122. The van der Waals surface area contributed by atoms with Gasteiger partial charge in [0.15, 0.2) is 0 Å². The molecule has 0 spiro atoms. The summed E-state index contributed by atoms with van der Waals surface area (Å²) < 4.78 is 2.87. The Bertz CT molecular complexity index is 763. The van der Waals surface area contributed by atoms with Crippen LogP contribution in [0.25, 0.3) is 0 Å². The van der Waals surface area contributed by atoms with Gasteiger partial charge < -0.3 is 10.2 Å². The number of amides is 1. The number of hydrogen-bond donors (Lipinski definition) is 1. The number of anilines is 1. The molecule has 0 aliphatic carbocycles. The molecule has 4 rings (SSSR count). The van der Waals surface area contributed by atoms with Gasteiger partial charge in [0.1, 0.15) is 0 Å². The number of halogens is 2. The van der Waals surface area contributed by atoms with Gasteiger partial charge >= 0.3 is 0 Å². The maximum Gasteiger partial charge on any atom is 0.232 e. The summed E-state index contributed by atoms with van der Waals surface area (Å²) in [6, 6.07) is 6.18. The third kappa shape index (κ3) is 2.98. The molecule has 1 amide bonds. The van der Waals surface area contributed by atoms with Crippen LogP contribution in [0.2, 0.25) is 0 Å². The van der Waals surface area contributed by atoms with Gasteiger partial charge in [-0.15, -0.1) is 12.4 Å². The van der Waals surface area contributed by atoms with Crippen LogP contribution in [-0.4, -0.2) is 35.3 Å². The van der Waals surface area contributed by atoms with E-state index in [1.54, 1.807) is 4.68 Å². The topological polar surface area (TPSA) is 50.2 Å². The summed E-state index contributed by atoms with van der Waals surface area (Å²) >= 11 is 3.51. The van der Waals surface area contributed by atoms with Crippen LogP contribution in [0, 0.1) is 5.92 Å². The van der Waals surface area contributed by atoms with Crippen molar-refractivity contribution in [2.24, 2.45) is 13.0 Å². The van der Waals surface area contributed by atoms with E-state index in [1.165, 1.54) is 5.56 Å². The Labute approximate surface area is 155 Å². The van der Waals surface area contributed by atoms with E-state index >= 15 is 0 Å². The molecule has 1 saturated heterocycles. The molecular formula is C17H20BrClN4O. The first-order valence-corrected chi connectivity index (χ1v) is 8.72. The van der Waals surface area contributed by atoms with E-state index in [1.807, 2.05) is 36.5 Å². The van der Waals surface area contributed by atoms with Crippen LogP contribution in [0.15, 0.2) is 35.1 Å². The normalized spacial score (nSPS) is 22.3. The second kappa shape index (κ2) is 6.86. The van der Waals surface area contributed by atoms with E-state index in [9.17, 15) is 4.79 Å². The smallest absolute Gasteiger partial charge is 0.232 e. The number of benzene rings is 1. The molecule has 1 aromatic carbocycles. The predicted molar refractivity (Wildman–Crippen MR) is 99.8 cm³/mol. The van der Waals surface area contributed by atoms with Crippen molar-refractivity contribution >= 4 is 39.9 Å². The average Bonchev–Trinajstić information content (AvgIpc) is 3.23. The molecule has 1 N–H and O–H groups in total. The zero-order chi connectivity index (χ0) is 16.0. The SMILES string of the molecule is Cl.Cn1cc([C@H]2CNC[C@@H]2C(=O)N2CCc3cc(Br)ccc32)cn1. The van der Waals surface area contributed by atoms with E-state index in [0.717, 1.165) is 41.8 Å². The van der Waals surface area contributed by atoms with Crippen molar-refractivity contribution in [3.05, 3.63) is 46.2 Å². The zero-order valence-electron chi connectivity index (χ0n) is 13.4. The standard InChI is InChI=1S/C17H19BrN4O.ClH/c1-21-10-12(7-20-21)14-8-19-9-15(14)17(23)22-5-4-11-6-13(18)2-3-16(11)22;/h2-3,6-7,10,14-15,19H,4-5,8-9H2,1H3;1H/t14-,15+;/m1./s1. The molecule has 1 fully saturated rings. The van der Waals surface area contributed by atoms with Crippen molar-refractivity contribution in [3.8, 4) is 0 Å². The number of hydrogen-bond acceptors (Lipinski definition) is 3. The first kappa shape index (κ1) is 17.5. The number of nitrogens with one attached hydrogen (secondary N) is 1. The van der Waals surface area contributed by atoms with Gasteiger partial charge in [0.05, 0.1) is 12.1 Å². The van der Waals surface area contributed by atoms with Gasteiger partial charge in [-0.3, -0.25) is 9.48 Å². The molecule has 2 aliphatic heterocycles. The lowest BCUT2D eigenvalue weighted by atomic mass is 9.90. The molecule has 0 radical (unpaired) electrons. The highest BCUT2D eigenvalue weighted by Crippen LogP contribution is 2.35. The lowest BCUT2D eigenvalue weighted by Gasteiger charge is -2.24. The molecule has 3 heterocycles. The van der Waals surface area contributed by atoms with Crippen LogP contribution in [0.4, 0.5) is 5.69 Å². The van der Waals surface area contributed by atoms with Crippen LogP contribution in [-0.2, 0) is 18.3 Å². The maximum atomic E-state index is 13.1. The third-order valence-corrected chi connectivity index (χ3v) is 5.38. The number of carbonyl (C=O) groups is 1. The van der Waals surface area contributed by atoms with Gasteiger partial charge in [0.2, 0.25) is 5.91 Å². The minimum absolute atomic E-state index is 0. The number of aromatic nitrogens is 2. The van der Waals surface area contributed by atoms with E-state index < -0.39 is 0 Å². The first-order chi connectivity index (χ1) is 11.1. The van der Waals surface area contributed by atoms with Gasteiger partial charge in [-0.05, 0) is 35.7 Å². The Kier molecular flexibility index (Phi) is 4.99. The fourth-order valence-corrected chi connectivity index (χ4v) is 4.13. The summed E-state index contributed by atoms with van der Waals surface area (Å²) in [5.41, 5.74) is 3.46. The number of carbonyl (C=O) groups excluding carboxylic acids is 1. The molecule has 128 valence electrons. The number of rotatable bonds is 2. The summed E-state index contributed by atoms with van der Waals surface area (Å²) in [6.45, 7) is 2.35. The molecule has 5 nitrogen and oxygen atoms in total. The van der Waals surface area contributed by atoms with E-state index in [2.05, 4.69) is 32.4 Å². The molecule has 7 heteroatoms. The monoisotopic (exact) mass is 410 g/mol. The van der Waals surface area contributed by atoms with Gasteiger partial charge in [-0.2, -0.15) is 5.10 Å². The van der Waals surface area contributed by atoms with E-state index in [0.29, 0.717) is 0 Å². The van der Waals surface area contributed by atoms with E-state index in [4.69, 9.17) is 0 Å². The second-order valence-electron chi connectivity index (χ2n) is 6.33. The predicted octanol–water partition coefficient (Wildman–Crippen LogP) is 2.50. The average molecular weight is 412 g/mol. The van der Waals surface area contributed by atoms with Crippen LogP contribution in [0.3, 0.4) is 0 Å². The van der Waals surface area contributed by atoms with Gasteiger partial charge in [-0.1, -0.05) is 15.9 Å². The molecule has 0 bridgehead atoms.